The first kappa shape index (κ1) is 24.4. The van der Waals surface area contributed by atoms with E-state index >= 15 is 0 Å². The summed E-state index contributed by atoms with van der Waals surface area (Å²) < 4.78 is 11.2. The minimum atomic E-state index is -0.279. The Morgan fingerprint density at radius 1 is 1.06 bits per heavy atom. The Morgan fingerprint density at radius 2 is 1.82 bits per heavy atom. The van der Waals surface area contributed by atoms with Crippen LogP contribution in [-0.4, -0.2) is 25.3 Å². The van der Waals surface area contributed by atoms with E-state index in [0.717, 1.165) is 26.8 Å². The highest BCUT2D eigenvalue weighted by Crippen LogP contribution is 2.28. The highest BCUT2D eigenvalue weighted by molar-refractivity contribution is 7.98. The molecule has 3 aromatic carbocycles. The number of halogens is 1. The predicted molar refractivity (Wildman–Crippen MR) is 136 cm³/mol. The molecule has 7 heteroatoms. The van der Waals surface area contributed by atoms with Crippen LogP contribution in [-0.2, 0) is 5.75 Å². The third kappa shape index (κ3) is 7.70. The van der Waals surface area contributed by atoms with Gasteiger partial charge in [-0.1, -0.05) is 36.4 Å². The van der Waals surface area contributed by atoms with E-state index in [1.807, 2.05) is 55.5 Å². The van der Waals surface area contributed by atoms with Crippen LogP contribution < -0.4 is 14.9 Å². The smallest absolute Gasteiger partial charge is 0.271 e. The van der Waals surface area contributed by atoms with Gasteiger partial charge in [-0.05, 0) is 72.6 Å². The molecule has 0 aliphatic carbocycles. The SMILES string of the molecule is C=CCOc1ccc(/C=N/NC(=O)c2ccc(CSc3ccc(Cl)cc3)cc2)cc1OCC. The monoisotopic (exact) mass is 480 g/mol. The van der Waals surface area contributed by atoms with Crippen LogP contribution in [0.5, 0.6) is 11.5 Å². The summed E-state index contributed by atoms with van der Waals surface area (Å²) in [5.74, 6) is 1.77. The molecule has 0 atom stereocenters. The van der Waals surface area contributed by atoms with Crippen molar-refractivity contribution in [1.29, 1.82) is 0 Å². The van der Waals surface area contributed by atoms with E-state index in [9.17, 15) is 4.79 Å². The topological polar surface area (TPSA) is 59.9 Å². The number of thioether (sulfide) groups is 1. The van der Waals surface area contributed by atoms with Gasteiger partial charge in [0, 0.05) is 21.2 Å². The molecule has 0 aliphatic rings. The Kier molecular flexibility index (Phi) is 9.42. The van der Waals surface area contributed by atoms with Gasteiger partial charge < -0.3 is 9.47 Å². The first-order valence-corrected chi connectivity index (χ1v) is 11.8. The lowest BCUT2D eigenvalue weighted by molar-refractivity contribution is 0.0955. The minimum Gasteiger partial charge on any atom is -0.490 e. The van der Waals surface area contributed by atoms with Gasteiger partial charge in [0.05, 0.1) is 12.8 Å². The Balaban J connectivity index is 1.54. The molecule has 0 radical (unpaired) electrons. The van der Waals surface area contributed by atoms with E-state index in [2.05, 4.69) is 17.1 Å². The van der Waals surface area contributed by atoms with Crippen LogP contribution in [0.4, 0.5) is 0 Å². The number of ether oxygens (including phenoxy) is 2. The van der Waals surface area contributed by atoms with Gasteiger partial charge in [0.25, 0.3) is 5.91 Å². The fourth-order valence-corrected chi connectivity index (χ4v) is 3.80. The lowest BCUT2D eigenvalue weighted by Crippen LogP contribution is -2.17. The molecule has 3 rings (SSSR count). The molecule has 3 aromatic rings. The molecule has 170 valence electrons. The minimum absolute atomic E-state index is 0.279. The molecule has 0 fully saturated rings. The van der Waals surface area contributed by atoms with Crippen molar-refractivity contribution in [3.8, 4) is 11.5 Å². The fraction of sp³-hybridized carbons (Fsp3) is 0.154. The molecule has 0 bridgehead atoms. The van der Waals surface area contributed by atoms with Crippen LogP contribution >= 0.6 is 23.4 Å². The molecular formula is C26H25ClN2O3S. The van der Waals surface area contributed by atoms with Crippen molar-refractivity contribution in [2.45, 2.75) is 17.6 Å². The summed E-state index contributed by atoms with van der Waals surface area (Å²) in [6, 6.07) is 20.7. The molecule has 0 saturated carbocycles. The van der Waals surface area contributed by atoms with Gasteiger partial charge in [-0.2, -0.15) is 5.10 Å². The summed E-state index contributed by atoms with van der Waals surface area (Å²) in [6.45, 7) is 6.45. The predicted octanol–water partition coefficient (Wildman–Crippen LogP) is 6.36. The van der Waals surface area contributed by atoms with E-state index < -0.39 is 0 Å². The van der Waals surface area contributed by atoms with Crippen LogP contribution in [0.25, 0.3) is 0 Å². The zero-order valence-corrected chi connectivity index (χ0v) is 19.9. The maximum atomic E-state index is 12.4. The van der Waals surface area contributed by atoms with E-state index in [0.29, 0.717) is 30.3 Å². The summed E-state index contributed by atoms with van der Waals surface area (Å²) in [6.07, 6.45) is 3.24. The Labute approximate surface area is 203 Å². The van der Waals surface area contributed by atoms with Gasteiger partial charge >= 0.3 is 0 Å². The maximum absolute atomic E-state index is 12.4. The van der Waals surface area contributed by atoms with Crippen molar-refractivity contribution in [2.75, 3.05) is 13.2 Å². The second-order valence-electron chi connectivity index (χ2n) is 6.88. The van der Waals surface area contributed by atoms with Crippen molar-refractivity contribution in [1.82, 2.24) is 5.43 Å². The maximum Gasteiger partial charge on any atom is 0.271 e. The molecule has 33 heavy (non-hydrogen) atoms. The number of hydrogen-bond acceptors (Lipinski definition) is 5. The van der Waals surface area contributed by atoms with E-state index in [1.165, 1.54) is 0 Å². The normalized spacial score (nSPS) is 10.7. The third-order valence-electron chi connectivity index (χ3n) is 4.44. The van der Waals surface area contributed by atoms with Gasteiger partial charge in [-0.15, -0.1) is 11.8 Å². The molecule has 0 heterocycles. The van der Waals surface area contributed by atoms with Gasteiger partial charge in [0.2, 0.25) is 0 Å². The number of carbonyl (C=O) groups excluding carboxylic acids is 1. The van der Waals surface area contributed by atoms with Crippen LogP contribution in [0.3, 0.4) is 0 Å². The largest absolute Gasteiger partial charge is 0.490 e. The van der Waals surface area contributed by atoms with Gasteiger partial charge in [-0.3, -0.25) is 4.79 Å². The number of rotatable bonds is 11. The summed E-state index contributed by atoms with van der Waals surface area (Å²) >= 11 is 7.63. The highest BCUT2D eigenvalue weighted by atomic mass is 35.5. The number of carbonyl (C=O) groups is 1. The van der Waals surface area contributed by atoms with Crippen LogP contribution in [0.2, 0.25) is 5.02 Å². The van der Waals surface area contributed by atoms with Crippen LogP contribution in [0.15, 0.2) is 89.4 Å². The van der Waals surface area contributed by atoms with E-state index in [4.69, 9.17) is 21.1 Å². The summed E-state index contributed by atoms with van der Waals surface area (Å²) in [5, 5.41) is 4.79. The average Bonchev–Trinajstić information content (AvgIpc) is 2.83. The molecular weight excluding hydrogens is 456 g/mol. The Bertz CT molecular complexity index is 1100. The summed E-state index contributed by atoms with van der Waals surface area (Å²) in [4.78, 5) is 13.5. The van der Waals surface area contributed by atoms with Crippen molar-refractivity contribution < 1.29 is 14.3 Å². The molecule has 1 amide bonds. The highest BCUT2D eigenvalue weighted by Gasteiger charge is 2.07. The standard InChI is InChI=1S/C26H25ClN2O3S/c1-3-15-32-24-14-7-20(16-25(24)31-4-2)17-28-29-26(30)21-8-5-19(6-9-21)18-33-23-12-10-22(27)11-13-23/h3,5-14,16-17H,1,4,15,18H2,2H3,(H,29,30)/b28-17+. The van der Waals surface area contributed by atoms with Gasteiger partial charge in [0.15, 0.2) is 11.5 Å². The number of nitrogens with one attached hydrogen (secondary N) is 1. The second kappa shape index (κ2) is 12.7. The molecule has 0 saturated heterocycles. The molecule has 5 nitrogen and oxygen atoms in total. The first-order chi connectivity index (χ1) is 16.1. The Morgan fingerprint density at radius 3 is 2.52 bits per heavy atom. The molecule has 0 unspecified atom stereocenters. The molecule has 0 aromatic heterocycles. The average molecular weight is 481 g/mol. The number of hydrogen-bond donors (Lipinski definition) is 1. The number of benzene rings is 3. The van der Waals surface area contributed by atoms with Gasteiger partial charge in [-0.25, -0.2) is 5.43 Å². The third-order valence-corrected chi connectivity index (χ3v) is 5.77. The Hall–Kier alpha value is -3.22. The zero-order chi connectivity index (χ0) is 23.5. The quantitative estimate of drug-likeness (QED) is 0.150. The fourth-order valence-electron chi connectivity index (χ4n) is 2.82. The number of amides is 1. The lowest BCUT2D eigenvalue weighted by atomic mass is 10.1. The van der Waals surface area contributed by atoms with Crippen molar-refractivity contribution in [2.24, 2.45) is 5.10 Å². The van der Waals surface area contributed by atoms with E-state index in [1.54, 1.807) is 42.3 Å². The molecule has 0 spiro atoms. The lowest BCUT2D eigenvalue weighted by Gasteiger charge is -2.11. The molecule has 0 aliphatic heterocycles. The summed E-state index contributed by atoms with van der Waals surface area (Å²) in [7, 11) is 0. The molecule has 1 N–H and O–H groups in total. The van der Waals surface area contributed by atoms with E-state index in [-0.39, 0.29) is 5.91 Å². The van der Waals surface area contributed by atoms with Crippen LogP contribution in [0.1, 0.15) is 28.4 Å². The van der Waals surface area contributed by atoms with Crippen molar-refractivity contribution in [3.05, 3.63) is 101 Å². The van der Waals surface area contributed by atoms with Gasteiger partial charge in [0.1, 0.15) is 6.61 Å². The number of nitrogens with zero attached hydrogens (tertiary/aromatic N) is 1. The van der Waals surface area contributed by atoms with Crippen LogP contribution in [0, 0.1) is 0 Å². The zero-order valence-electron chi connectivity index (χ0n) is 18.3. The number of hydrazone groups is 1. The second-order valence-corrected chi connectivity index (χ2v) is 8.36. The first-order valence-electron chi connectivity index (χ1n) is 10.4. The van der Waals surface area contributed by atoms with Crippen molar-refractivity contribution in [3.63, 3.8) is 0 Å². The summed E-state index contributed by atoms with van der Waals surface area (Å²) in [5.41, 5.74) is 4.99. The van der Waals surface area contributed by atoms with Crippen molar-refractivity contribution >= 4 is 35.5 Å².